The zero-order valence-electron chi connectivity index (χ0n) is 12.1. The van der Waals surface area contributed by atoms with E-state index in [1.54, 1.807) is 6.20 Å². The van der Waals surface area contributed by atoms with Gasteiger partial charge in [0.1, 0.15) is 0 Å². The fraction of sp³-hybridized carbons (Fsp3) is 0.250. The number of aromatic nitrogens is 1. The number of benzene rings is 1. The lowest BCUT2D eigenvalue weighted by Crippen LogP contribution is -2.12. The van der Waals surface area contributed by atoms with Crippen LogP contribution in [0.15, 0.2) is 42.6 Å². The molecule has 1 aromatic heterocycles. The summed E-state index contributed by atoms with van der Waals surface area (Å²) in [5.74, 6) is 0.214. The molecule has 0 fully saturated rings. The molecule has 5 nitrogen and oxygen atoms in total. The Morgan fingerprint density at radius 2 is 2.00 bits per heavy atom. The van der Waals surface area contributed by atoms with E-state index >= 15 is 0 Å². The van der Waals surface area contributed by atoms with E-state index < -0.39 is 0 Å². The number of amides is 1. The molecular weight excluding hydrogens is 264 g/mol. The zero-order valence-corrected chi connectivity index (χ0v) is 12.1. The van der Waals surface area contributed by atoms with Crippen molar-refractivity contribution < 1.29 is 4.79 Å². The van der Waals surface area contributed by atoms with Crippen molar-refractivity contribution in [3.8, 4) is 0 Å². The number of aryl methyl sites for hydroxylation is 1. The molecule has 0 spiro atoms. The Balaban J connectivity index is 1.87. The molecule has 1 heterocycles. The molecule has 0 atom stereocenters. The lowest BCUT2D eigenvalue weighted by atomic mass is 10.1. The van der Waals surface area contributed by atoms with Crippen LogP contribution in [0.2, 0.25) is 0 Å². The van der Waals surface area contributed by atoms with Gasteiger partial charge in [0.15, 0.2) is 5.82 Å². The lowest BCUT2D eigenvalue weighted by Gasteiger charge is -2.12. The summed E-state index contributed by atoms with van der Waals surface area (Å²) in [5, 5.41) is 5.90. The second-order valence-corrected chi connectivity index (χ2v) is 4.82. The molecule has 2 rings (SSSR count). The summed E-state index contributed by atoms with van der Waals surface area (Å²) in [6, 6.07) is 12.2. The summed E-state index contributed by atoms with van der Waals surface area (Å²) in [7, 11) is 0. The fourth-order valence-corrected chi connectivity index (χ4v) is 2.05. The van der Waals surface area contributed by atoms with Gasteiger partial charge >= 0.3 is 0 Å². The average molecular weight is 284 g/mol. The first-order chi connectivity index (χ1) is 10.2. The highest BCUT2D eigenvalue weighted by molar-refractivity contribution is 5.93. The zero-order chi connectivity index (χ0) is 15.1. The van der Waals surface area contributed by atoms with Crippen molar-refractivity contribution in [2.24, 2.45) is 0 Å². The number of nitrogen functional groups attached to an aromatic ring is 1. The number of nitrogens with two attached hydrogens (primary N) is 1. The van der Waals surface area contributed by atoms with Gasteiger partial charge < -0.3 is 16.4 Å². The highest BCUT2D eigenvalue weighted by atomic mass is 16.1. The smallest absolute Gasteiger partial charge is 0.222 e. The molecule has 0 bridgehead atoms. The van der Waals surface area contributed by atoms with Crippen LogP contribution in [0.5, 0.6) is 0 Å². The van der Waals surface area contributed by atoms with Crippen LogP contribution >= 0.6 is 0 Å². The van der Waals surface area contributed by atoms with Gasteiger partial charge in [0, 0.05) is 19.7 Å². The van der Waals surface area contributed by atoms with Crippen molar-refractivity contribution in [1.29, 1.82) is 0 Å². The Kier molecular flexibility index (Phi) is 5.15. The minimum atomic E-state index is -0.185. The van der Waals surface area contributed by atoms with Gasteiger partial charge in [-0.1, -0.05) is 30.3 Å². The van der Waals surface area contributed by atoms with Crippen molar-refractivity contribution in [3.05, 3.63) is 48.2 Å². The van der Waals surface area contributed by atoms with Crippen molar-refractivity contribution in [2.45, 2.75) is 19.8 Å². The second kappa shape index (κ2) is 7.28. The molecule has 0 aliphatic heterocycles. The van der Waals surface area contributed by atoms with Gasteiger partial charge in [-0.3, -0.25) is 4.79 Å². The van der Waals surface area contributed by atoms with Crippen LogP contribution in [0, 0.1) is 0 Å². The van der Waals surface area contributed by atoms with E-state index in [2.05, 4.69) is 27.8 Å². The van der Waals surface area contributed by atoms with Gasteiger partial charge in [-0.15, -0.1) is 0 Å². The molecule has 0 unspecified atom stereocenters. The van der Waals surface area contributed by atoms with Crippen LogP contribution in [0.1, 0.15) is 18.9 Å². The van der Waals surface area contributed by atoms with Gasteiger partial charge in [0.25, 0.3) is 0 Å². The first-order valence-electron chi connectivity index (χ1n) is 6.96. The summed E-state index contributed by atoms with van der Waals surface area (Å²) < 4.78 is 0. The van der Waals surface area contributed by atoms with Crippen molar-refractivity contribution in [1.82, 2.24) is 4.98 Å². The Bertz CT molecular complexity index is 598. The molecule has 0 saturated carbocycles. The number of hydrogen-bond donors (Lipinski definition) is 3. The number of rotatable bonds is 6. The number of nitrogens with zero attached hydrogens (tertiary/aromatic N) is 1. The van der Waals surface area contributed by atoms with Gasteiger partial charge in [0.2, 0.25) is 5.91 Å². The molecule has 0 aliphatic carbocycles. The predicted molar refractivity (Wildman–Crippen MR) is 86.2 cm³/mol. The molecule has 0 saturated heterocycles. The van der Waals surface area contributed by atoms with E-state index in [9.17, 15) is 4.79 Å². The minimum Gasteiger partial charge on any atom is -0.394 e. The van der Waals surface area contributed by atoms with E-state index in [1.165, 1.54) is 12.5 Å². The van der Waals surface area contributed by atoms with Crippen molar-refractivity contribution in [3.63, 3.8) is 0 Å². The molecule has 2 aromatic rings. The average Bonchev–Trinajstić information content (AvgIpc) is 2.48. The third kappa shape index (κ3) is 4.49. The van der Waals surface area contributed by atoms with Gasteiger partial charge in [-0.2, -0.15) is 0 Å². The second-order valence-electron chi connectivity index (χ2n) is 4.82. The lowest BCUT2D eigenvalue weighted by molar-refractivity contribution is -0.114. The monoisotopic (exact) mass is 284 g/mol. The Hall–Kier alpha value is -2.56. The molecule has 110 valence electrons. The van der Waals surface area contributed by atoms with Gasteiger partial charge in [-0.05, 0) is 24.5 Å². The normalized spacial score (nSPS) is 10.1. The standard InChI is InChI=1S/C16H20N4O/c1-12(21)20-16-15(17)14(9-11-19-16)18-10-5-8-13-6-3-2-4-7-13/h2-4,6-7,9,11H,5,8,10,17H2,1H3,(H2,18,19,20,21). The first kappa shape index (κ1) is 14.8. The van der Waals surface area contributed by atoms with Crippen LogP contribution in [0.4, 0.5) is 17.2 Å². The van der Waals surface area contributed by atoms with E-state index in [0.717, 1.165) is 25.1 Å². The summed E-state index contributed by atoms with van der Waals surface area (Å²) in [5.41, 5.74) is 8.56. The molecule has 0 radical (unpaired) electrons. The third-order valence-electron chi connectivity index (χ3n) is 3.09. The topological polar surface area (TPSA) is 80.0 Å². The number of nitrogens with one attached hydrogen (secondary N) is 2. The highest BCUT2D eigenvalue weighted by Crippen LogP contribution is 2.24. The Morgan fingerprint density at radius 1 is 1.24 bits per heavy atom. The number of carbonyl (C=O) groups is 1. The van der Waals surface area contributed by atoms with Gasteiger partial charge in [0.05, 0.1) is 11.4 Å². The van der Waals surface area contributed by atoms with E-state index in [1.807, 2.05) is 24.3 Å². The van der Waals surface area contributed by atoms with Crippen LogP contribution in [-0.2, 0) is 11.2 Å². The SMILES string of the molecule is CC(=O)Nc1nccc(NCCCc2ccccc2)c1N. The van der Waals surface area contributed by atoms with E-state index in [0.29, 0.717) is 11.5 Å². The maximum atomic E-state index is 11.1. The number of anilines is 3. The highest BCUT2D eigenvalue weighted by Gasteiger charge is 2.07. The maximum Gasteiger partial charge on any atom is 0.222 e. The largest absolute Gasteiger partial charge is 0.394 e. The summed E-state index contributed by atoms with van der Waals surface area (Å²) in [6.45, 7) is 2.24. The molecule has 0 aliphatic rings. The third-order valence-corrected chi connectivity index (χ3v) is 3.09. The number of carbonyl (C=O) groups excluding carboxylic acids is 1. The van der Waals surface area contributed by atoms with Gasteiger partial charge in [-0.25, -0.2) is 4.98 Å². The van der Waals surface area contributed by atoms with Crippen molar-refractivity contribution in [2.75, 3.05) is 22.9 Å². The fourth-order valence-electron chi connectivity index (χ4n) is 2.05. The minimum absolute atomic E-state index is 0.185. The van der Waals surface area contributed by atoms with E-state index in [-0.39, 0.29) is 5.91 Å². The molecular formula is C16H20N4O. The summed E-state index contributed by atoms with van der Waals surface area (Å²) in [6.07, 6.45) is 3.64. The molecule has 1 aromatic carbocycles. The first-order valence-corrected chi connectivity index (χ1v) is 6.96. The number of pyridine rings is 1. The number of hydrogen-bond acceptors (Lipinski definition) is 4. The summed E-state index contributed by atoms with van der Waals surface area (Å²) in [4.78, 5) is 15.1. The predicted octanol–water partition coefficient (Wildman–Crippen LogP) is 2.67. The molecule has 5 heteroatoms. The maximum absolute atomic E-state index is 11.1. The van der Waals surface area contributed by atoms with Crippen LogP contribution < -0.4 is 16.4 Å². The Labute approximate surface area is 124 Å². The van der Waals surface area contributed by atoms with Crippen LogP contribution in [-0.4, -0.2) is 17.4 Å². The van der Waals surface area contributed by atoms with Crippen LogP contribution in [0.25, 0.3) is 0 Å². The molecule has 1 amide bonds. The Morgan fingerprint density at radius 3 is 2.71 bits per heavy atom. The molecule has 4 N–H and O–H groups in total. The quantitative estimate of drug-likeness (QED) is 0.712. The summed E-state index contributed by atoms with van der Waals surface area (Å²) >= 11 is 0. The van der Waals surface area contributed by atoms with Crippen molar-refractivity contribution >= 4 is 23.1 Å². The van der Waals surface area contributed by atoms with Crippen LogP contribution in [0.3, 0.4) is 0 Å². The molecule has 21 heavy (non-hydrogen) atoms. The van der Waals surface area contributed by atoms with E-state index in [4.69, 9.17) is 5.73 Å².